The molecule has 5 nitrogen and oxygen atoms in total. The largest absolute Gasteiger partial charge is 0.497 e. The number of amides is 1. The molecule has 0 unspecified atom stereocenters. The summed E-state index contributed by atoms with van der Waals surface area (Å²) in [5, 5.41) is 3.22. The van der Waals surface area contributed by atoms with Crippen molar-refractivity contribution in [1.29, 1.82) is 0 Å². The van der Waals surface area contributed by atoms with E-state index in [0.717, 1.165) is 44.8 Å². The third kappa shape index (κ3) is 4.25. The summed E-state index contributed by atoms with van der Waals surface area (Å²) >= 11 is 0. The molecule has 2 aromatic carbocycles. The summed E-state index contributed by atoms with van der Waals surface area (Å²) in [6.07, 6.45) is 1.82. The highest BCUT2D eigenvalue weighted by atomic mass is 16.5. The molecule has 30 heavy (non-hydrogen) atoms. The van der Waals surface area contributed by atoms with E-state index in [1.807, 2.05) is 12.1 Å². The predicted molar refractivity (Wildman–Crippen MR) is 122 cm³/mol. The van der Waals surface area contributed by atoms with Crippen molar-refractivity contribution in [2.75, 3.05) is 43.1 Å². The van der Waals surface area contributed by atoms with Gasteiger partial charge in [-0.25, -0.2) is 0 Å². The van der Waals surface area contributed by atoms with E-state index in [2.05, 4.69) is 65.4 Å². The molecule has 1 saturated heterocycles. The van der Waals surface area contributed by atoms with Crippen molar-refractivity contribution in [2.45, 2.75) is 32.7 Å². The quantitative estimate of drug-likeness (QED) is 0.793. The van der Waals surface area contributed by atoms with Gasteiger partial charge in [-0.3, -0.25) is 4.79 Å². The van der Waals surface area contributed by atoms with Crippen LogP contribution in [0.1, 0.15) is 25.8 Å². The highest BCUT2D eigenvalue weighted by molar-refractivity contribution is 5.82. The number of benzene rings is 2. The number of carbonyl (C=O) groups excluding carboxylic acids is 1. The molecular formula is C25H33N3O2. The number of methoxy groups -OCH3 is 1. The standard InChI is InChI=1S/C25H33N3O2/c1-18(2)12-13-26-25(29)22-16-19-6-4-5-7-23(19)28-15-14-27(17-24(22)28)20-8-10-21(30-3)11-9-20/h4-11,18,22,24H,12-17H2,1-3H3,(H,26,29)/t22-,24-/m0/s1. The van der Waals surface area contributed by atoms with Crippen molar-refractivity contribution < 1.29 is 9.53 Å². The lowest BCUT2D eigenvalue weighted by Gasteiger charge is -2.49. The van der Waals surface area contributed by atoms with Gasteiger partial charge in [0.2, 0.25) is 5.91 Å². The van der Waals surface area contributed by atoms with Gasteiger partial charge in [-0.05, 0) is 54.7 Å². The van der Waals surface area contributed by atoms with Crippen LogP contribution in [0, 0.1) is 11.8 Å². The smallest absolute Gasteiger partial charge is 0.225 e. The zero-order valence-corrected chi connectivity index (χ0v) is 18.3. The minimum absolute atomic E-state index is 0.0342. The van der Waals surface area contributed by atoms with Crippen LogP contribution in [0.2, 0.25) is 0 Å². The molecule has 1 fully saturated rings. The summed E-state index contributed by atoms with van der Waals surface area (Å²) in [7, 11) is 1.69. The number of hydrogen-bond donors (Lipinski definition) is 1. The van der Waals surface area contributed by atoms with E-state index in [1.165, 1.54) is 16.9 Å². The molecule has 0 spiro atoms. The Hall–Kier alpha value is -2.69. The normalized spacial score (nSPS) is 20.5. The Morgan fingerprint density at radius 1 is 1.13 bits per heavy atom. The van der Waals surface area contributed by atoms with Crippen LogP contribution in [0.5, 0.6) is 5.75 Å². The number of nitrogens with one attached hydrogen (secondary N) is 1. The van der Waals surface area contributed by atoms with Crippen molar-refractivity contribution in [3.8, 4) is 5.75 Å². The number of carbonyl (C=O) groups is 1. The summed E-state index contributed by atoms with van der Waals surface area (Å²) in [4.78, 5) is 18.1. The molecule has 2 aromatic rings. The van der Waals surface area contributed by atoms with E-state index >= 15 is 0 Å². The average Bonchev–Trinajstić information content (AvgIpc) is 2.78. The maximum atomic E-state index is 13.2. The van der Waals surface area contributed by atoms with Gasteiger partial charge in [-0.2, -0.15) is 0 Å². The van der Waals surface area contributed by atoms with Gasteiger partial charge in [0.05, 0.1) is 19.1 Å². The Bertz CT molecular complexity index is 865. The fourth-order valence-electron chi connectivity index (χ4n) is 4.70. The van der Waals surface area contributed by atoms with Gasteiger partial charge >= 0.3 is 0 Å². The van der Waals surface area contributed by atoms with Gasteiger partial charge in [0.1, 0.15) is 5.75 Å². The molecule has 2 aliphatic heterocycles. The van der Waals surface area contributed by atoms with Crippen LogP contribution in [0.25, 0.3) is 0 Å². The Kier molecular flexibility index (Phi) is 6.16. The monoisotopic (exact) mass is 407 g/mol. The number of fused-ring (bicyclic) bond motifs is 3. The molecule has 2 heterocycles. The summed E-state index contributed by atoms with van der Waals surface area (Å²) in [5.74, 6) is 1.62. The number of rotatable bonds is 6. The van der Waals surface area contributed by atoms with Crippen LogP contribution >= 0.6 is 0 Å². The van der Waals surface area contributed by atoms with E-state index < -0.39 is 0 Å². The first-order valence-electron chi connectivity index (χ1n) is 11.1. The lowest BCUT2D eigenvalue weighted by atomic mass is 9.83. The van der Waals surface area contributed by atoms with Crippen LogP contribution in [-0.2, 0) is 11.2 Å². The minimum Gasteiger partial charge on any atom is -0.497 e. The summed E-state index contributed by atoms with van der Waals surface area (Å²) in [6.45, 7) is 7.85. The molecule has 0 radical (unpaired) electrons. The zero-order valence-electron chi connectivity index (χ0n) is 18.3. The molecule has 4 rings (SSSR count). The Balaban J connectivity index is 1.56. The van der Waals surface area contributed by atoms with E-state index in [0.29, 0.717) is 5.92 Å². The Morgan fingerprint density at radius 2 is 1.90 bits per heavy atom. The van der Waals surface area contributed by atoms with E-state index in [9.17, 15) is 4.79 Å². The molecule has 2 aliphatic rings. The van der Waals surface area contributed by atoms with E-state index in [4.69, 9.17) is 4.74 Å². The number of hydrogen-bond acceptors (Lipinski definition) is 4. The average molecular weight is 408 g/mol. The molecule has 1 amide bonds. The van der Waals surface area contributed by atoms with Crippen molar-refractivity contribution >= 4 is 17.3 Å². The van der Waals surface area contributed by atoms with Crippen LogP contribution < -0.4 is 19.9 Å². The van der Waals surface area contributed by atoms with Crippen LogP contribution in [0.3, 0.4) is 0 Å². The molecule has 5 heteroatoms. The third-order valence-electron chi connectivity index (χ3n) is 6.42. The summed E-state index contributed by atoms with van der Waals surface area (Å²) in [5.41, 5.74) is 3.77. The maximum Gasteiger partial charge on any atom is 0.225 e. The molecule has 0 bridgehead atoms. The van der Waals surface area contributed by atoms with Gasteiger partial charge in [0, 0.05) is 37.6 Å². The molecule has 0 aliphatic carbocycles. The second-order valence-corrected chi connectivity index (χ2v) is 8.82. The summed E-state index contributed by atoms with van der Waals surface area (Å²) < 4.78 is 5.30. The highest BCUT2D eigenvalue weighted by Gasteiger charge is 2.41. The molecule has 0 saturated carbocycles. The number of nitrogens with zero attached hydrogens (tertiary/aromatic N) is 2. The van der Waals surface area contributed by atoms with Crippen molar-refractivity contribution in [3.05, 3.63) is 54.1 Å². The van der Waals surface area contributed by atoms with Gasteiger partial charge in [0.25, 0.3) is 0 Å². The lowest BCUT2D eigenvalue weighted by Crippen LogP contribution is -2.61. The van der Waals surface area contributed by atoms with Crippen molar-refractivity contribution in [3.63, 3.8) is 0 Å². The second-order valence-electron chi connectivity index (χ2n) is 8.82. The first-order valence-corrected chi connectivity index (χ1v) is 11.1. The predicted octanol–water partition coefficient (Wildman–Crippen LogP) is 3.73. The van der Waals surface area contributed by atoms with Gasteiger partial charge in [-0.15, -0.1) is 0 Å². The fraction of sp³-hybridized carbons (Fsp3) is 0.480. The SMILES string of the molecule is COc1ccc(N2CCN3c4ccccc4C[C@H](C(=O)NCCC(C)C)[C@@H]3C2)cc1. The van der Waals surface area contributed by atoms with Gasteiger partial charge in [-0.1, -0.05) is 32.0 Å². The molecule has 2 atom stereocenters. The highest BCUT2D eigenvalue weighted by Crippen LogP contribution is 2.37. The maximum absolute atomic E-state index is 13.2. The van der Waals surface area contributed by atoms with Crippen LogP contribution in [0.15, 0.2) is 48.5 Å². The van der Waals surface area contributed by atoms with Gasteiger partial charge in [0.15, 0.2) is 0 Å². The molecule has 0 aromatic heterocycles. The Morgan fingerprint density at radius 3 is 2.63 bits per heavy atom. The minimum atomic E-state index is -0.0342. The fourth-order valence-corrected chi connectivity index (χ4v) is 4.70. The number of ether oxygens (including phenoxy) is 1. The zero-order chi connectivity index (χ0) is 21.1. The Labute approximate surface area is 180 Å². The number of para-hydroxylation sites is 1. The van der Waals surface area contributed by atoms with Crippen molar-refractivity contribution in [2.24, 2.45) is 11.8 Å². The molecule has 160 valence electrons. The van der Waals surface area contributed by atoms with E-state index in [1.54, 1.807) is 7.11 Å². The number of anilines is 2. The van der Waals surface area contributed by atoms with Crippen molar-refractivity contribution in [1.82, 2.24) is 5.32 Å². The second kappa shape index (κ2) is 8.99. The first-order chi connectivity index (χ1) is 14.6. The van der Waals surface area contributed by atoms with Gasteiger partial charge < -0.3 is 19.9 Å². The topological polar surface area (TPSA) is 44.8 Å². The van der Waals surface area contributed by atoms with Crippen LogP contribution in [-0.4, -0.2) is 45.2 Å². The molecular weight excluding hydrogens is 374 g/mol. The third-order valence-corrected chi connectivity index (χ3v) is 6.42. The number of piperazine rings is 1. The lowest BCUT2D eigenvalue weighted by molar-refractivity contribution is -0.125. The molecule has 1 N–H and O–H groups in total. The van der Waals surface area contributed by atoms with E-state index in [-0.39, 0.29) is 17.9 Å². The summed E-state index contributed by atoms with van der Waals surface area (Å²) in [6, 6.07) is 17.0. The van der Waals surface area contributed by atoms with Crippen LogP contribution in [0.4, 0.5) is 11.4 Å². The first kappa shape index (κ1) is 20.6.